The molecule has 4 aromatic rings. The predicted octanol–water partition coefficient (Wildman–Crippen LogP) is 2.69. The molecule has 162 valence electrons. The van der Waals surface area contributed by atoms with Gasteiger partial charge in [-0.1, -0.05) is 42.5 Å². The average molecular weight is 431 g/mol. The number of hydrogen-bond donors (Lipinski definition) is 1. The highest BCUT2D eigenvalue weighted by atomic mass is 19.1. The van der Waals surface area contributed by atoms with E-state index >= 15 is 0 Å². The summed E-state index contributed by atoms with van der Waals surface area (Å²) in [5.41, 5.74) is 2.06. The van der Waals surface area contributed by atoms with Crippen LogP contribution < -0.4 is 10.2 Å². The molecule has 5 rings (SSSR count). The third-order valence-electron chi connectivity index (χ3n) is 5.51. The first-order valence-electron chi connectivity index (χ1n) is 10.5. The number of carbonyl (C=O) groups is 1. The number of para-hydroxylation sites is 1. The second-order valence-corrected chi connectivity index (χ2v) is 7.63. The van der Waals surface area contributed by atoms with E-state index in [0.717, 1.165) is 30.2 Å². The Labute approximate surface area is 184 Å². The zero-order chi connectivity index (χ0) is 21.9. The van der Waals surface area contributed by atoms with Gasteiger partial charge in [0.05, 0.1) is 17.9 Å². The van der Waals surface area contributed by atoms with Crippen molar-refractivity contribution >= 4 is 23.2 Å². The van der Waals surface area contributed by atoms with Crippen LogP contribution in [0.5, 0.6) is 0 Å². The van der Waals surface area contributed by atoms with Crippen LogP contribution in [-0.2, 0) is 4.79 Å². The van der Waals surface area contributed by atoms with E-state index in [1.54, 1.807) is 22.7 Å². The van der Waals surface area contributed by atoms with Crippen molar-refractivity contribution in [2.75, 3.05) is 42.9 Å². The summed E-state index contributed by atoms with van der Waals surface area (Å²) < 4.78 is 15.5. The van der Waals surface area contributed by atoms with Crippen LogP contribution in [0.25, 0.3) is 17.0 Å². The smallest absolute Gasteiger partial charge is 0.254 e. The molecule has 0 saturated carbocycles. The van der Waals surface area contributed by atoms with Crippen LogP contribution in [0, 0.1) is 5.82 Å². The van der Waals surface area contributed by atoms with Crippen molar-refractivity contribution in [2.45, 2.75) is 0 Å². The third kappa shape index (κ3) is 4.15. The van der Waals surface area contributed by atoms with Crippen molar-refractivity contribution in [1.29, 1.82) is 0 Å². The number of nitrogens with one attached hydrogen (secondary N) is 1. The molecule has 2 aromatic heterocycles. The molecule has 1 fully saturated rings. The van der Waals surface area contributed by atoms with Crippen molar-refractivity contribution in [1.82, 2.24) is 24.5 Å². The number of carbonyl (C=O) groups excluding carboxylic acids is 1. The zero-order valence-electron chi connectivity index (χ0n) is 17.4. The largest absolute Gasteiger partial charge is 0.354 e. The summed E-state index contributed by atoms with van der Waals surface area (Å²) in [6.07, 6.45) is 1.50. The number of halogens is 1. The molecule has 1 amide bonds. The summed E-state index contributed by atoms with van der Waals surface area (Å²) >= 11 is 0. The lowest BCUT2D eigenvalue weighted by Crippen LogP contribution is -2.49. The molecule has 1 aliphatic heterocycles. The van der Waals surface area contributed by atoms with Gasteiger partial charge in [0.2, 0.25) is 5.91 Å². The monoisotopic (exact) mass is 431 g/mol. The standard InChI is InChI=1S/C23H22FN7O/c24-18-8-4-5-9-19(18)27-21(32)15-29-10-12-30(13-11-29)22-14-20(17-6-2-1-3-7-17)28-23-25-16-26-31(22)23/h1-9,14,16H,10-13,15H2,(H,27,32). The lowest BCUT2D eigenvalue weighted by atomic mass is 10.1. The fourth-order valence-electron chi connectivity index (χ4n) is 3.87. The van der Waals surface area contributed by atoms with Crippen LogP contribution >= 0.6 is 0 Å². The quantitative estimate of drug-likeness (QED) is 0.524. The highest BCUT2D eigenvalue weighted by Gasteiger charge is 2.22. The Bertz CT molecular complexity index is 1240. The van der Waals surface area contributed by atoms with E-state index in [9.17, 15) is 9.18 Å². The molecule has 2 aromatic carbocycles. The van der Waals surface area contributed by atoms with Crippen molar-refractivity contribution < 1.29 is 9.18 Å². The number of piperazine rings is 1. The third-order valence-corrected chi connectivity index (χ3v) is 5.51. The second kappa shape index (κ2) is 8.72. The maximum atomic E-state index is 13.8. The number of aromatic nitrogens is 4. The summed E-state index contributed by atoms with van der Waals surface area (Å²) in [5, 5.41) is 6.99. The van der Waals surface area contributed by atoms with Crippen LogP contribution in [0.4, 0.5) is 15.9 Å². The van der Waals surface area contributed by atoms with E-state index in [1.807, 2.05) is 36.4 Å². The minimum Gasteiger partial charge on any atom is -0.354 e. The summed E-state index contributed by atoms with van der Waals surface area (Å²) in [6, 6.07) is 18.2. The first kappa shape index (κ1) is 20.1. The van der Waals surface area contributed by atoms with Crippen LogP contribution in [0.15, 0.2) is 67.0 Å². The Kier molecular flexibility index (Phi) is 5.47. The molecule has 0 aliphatic carbocycles. The van der Waals surface area contributed by atoms with Gasteiger partial charge in [-0.25, -0.2) is 9.37 Å². The first-order chi connectivity index (χ1) is 15.7. The van der Waals surface area contributed by atoms with Gasteiger partial charge in [-0.2, -0.15) is 14.6 Å². The van der Waals surface area contributed by atoms with Crippen LogP contribution in [0.3, 0.4) is 0 Å². The molecule has 8 nitrogen and oxygen atoms in total. The van der Waals surface area contributed by atoms with Gasteiger partial charge in [0.1, 0.15) is 18.0 Å². The molecule has 0 bridgehead atoms. The molecular formula is C23H22FN7O. The van der Waals surface area contributed by atoms with E-state index in [1.165, 1.54) is 12.4 Å². The molecule has 1 aliphatic rings. The highest BCUT2D eigenvalue weighted by Crippen LogP contribution is 2.24. The second-order valence-electron chi connectivity index (χ2n) is 7.63. The molecule has 1 saturated heterocycles. The van der Waals surface area contributed by atoms with Crippen LogP contribution in [-0.4, -0.2) is 63.1 Å². The average Bonchev–Trinajstić information content (AvgIpc) is 3.30. The topological polar surface area (TPSA) is 78.7 Å². The highest BCUT2D eigenvalue weighted by molar-refractivity contribution is 5.92. The van der Waals surface area contributed by atoms with E-state index in [-0.39, 0.29) is 18.1 Å². The molecule has 1 N–H and O–H groups in total. The number of benzene rings is 2. The Morgan fingerprint density at radius 2 is 1.75 bits per heavy atom. The van der Waals surface area contributed by atoms with Crippen molar-refractivity contribution in [3.05, 3.63) is 72.8 Å². The molecule has 32 heavy (non-hydrogen) atoms. The number of hydrogen-bond acceptors (Lipinski definition) is 6. The minimum absolute atomic E-state index is 0.204. The van der Waals surface area contributed by atoms with E-state index in [2.05, 4.69) is 30.2 Å². The maximum absolute atomic E-state index is 13.8. The minimum atomic E-state index is -0.436. The molecule has 0 radical (unpaired) electrons. The molecule has 0 unspecified atom stereocenters. The van der Waals surface area contributed by atoms with Crippen molar-refractivity contribution in [3.8, 4) is 11.3 Å². The fraction of sp³-hybridized carbons (Fsp3) is 0.217. The van der Waals surface area contributed by atoms with Gasteiger partial charge >= 0.3 is 0 Å². The zero-order valence-corrected chi connectivity index (χ0v) is 17.4. The van der Waals surface area contributed by atoms with Crippen molar-refractivity contribution in [3.63, 3.8) is 0 Å². The number of nitrogens with zero attached hydrogens (tertiary/aromatic N) is 6. The molecule has 0 atom stereocenters. The van der Waals surface area contributed by atoms with E-state index in [4.69, 9.17) is 0 Å². The van der Waals surface area contributed by atoms with Gasteiger partial charge in [-0.15, -0.1) is 0 Å². The van der Waals surface area contributed by atoms with Gasteiger partial charge < -0.3 is 10.2 Å². The van der Waals surface area contributed by atoms with Crippen LogP contribution in [0.1, 0.15) is 0 Å². The number of fused-ring (bicyclic) bond motifs is 1. The van der Waals surface area contributed by atoms with Gasteiger partial charge in [0, 0.05) is 37.8 Å². The van der Waals surface area contributed by atoms with Gasteiger partial charge in [0.15, 0.2) is 0 Å². The normalized spacial score (nSPS) is 14.6. The maximum Gasteiger partial charge on any atom is 0.254 e. The Morgan fingerprint density at radius 1 is 1.00 bits per heavy atom. The summed E-state index contributed by atoms with van der Waals surface area (Å²) in [5.74, 6) is 0.807. The van der Waals surface area contributed by atoms with Gasteiger partial charge in [-0.3, -0.25) is 9.69 Å². The first-order valence-corrected chi connectivity index (χ1v) is 10.5. The number of anilines is 2. The van der Waals surface area contributed by atoms with Gasteiger partial charge in [-0.05, 0) is 12.1 Å². The molecule has 9 heteroatoms. The van der Waals surface area contributed by atoms with E-state index < -0.39 is 5.82 Å². The predicted molar refractivity (Wildman–Crippen MR) is 120 cm³/mol. The van der Waals surface area contributed by atoms with Gasteiger partial charge in [0.25, 0.3) is 5.78 Å². The Hall–Kier alpha value is -3.85. The van der Waals surface area contributed by atoms with Crippen molar-refractivity contribution in [2.24, 2.45) is 0 Å². The fourth-order valence-corrected chi connectivity index (χ4v) is 3.87. The summed E-state index contributed by atoms with van der Waals surface area (Å²) in [4.78, 5) is 25.6. The SMILES string of the molecule is O=C(CN1CCN(c2cc(-c3ccccc3)nc3ncnn23)CC1)Nc1ccccc1F. The lowest BCUT2D eigenvalue weighted by molar-refractivity contribution is -0.117. The number of amides is 1. The molecule has 0 spiro atoms. The number of rotatable bonds is 5. The molecule has 3 heterocycles. The van der Waals surface area contributed by atoms with Crippen LogP contribution in [0.2, 0.25) is 0 Å². The van der Waals surface area contributed by atoms with E-state index in [0.29, 0.717) is 18.9 Å². The molecular weight excluding hydrogens is 409 g/mol. The Morgan fingerprint density at radius 3 is 2.53 bits per heavy atom. The summed E-state index contributed by atoms with van der Waals surface area (Å²) in [7, 11) is 0. The lowest BCUT2D eigenvalue weighted by Gasteiger charge is -2.35. The summed E-state index contributed by atoms with van der Waals surface area (Å²) in [6.45, 7) is 3.06. The Balaban J connectivity index is 1.28.